The van der Waals surface area contributed by atoms with E-state index in [1.54, 1.807) is 0 Å². The van der Waals surface area contributed by atoms with Crippen molar-refractivity contribution in [3.63, 3.8) is 0 Å². The number of rotatable bonds is 4. The maximum absolute atomic E-state index is 11.6. The number of carbonyl (C=O) groups is 1. The highest BCUT2D eigenvalue weighted by atomic mass is 35.5. The van der Waals surface area contributed by atoms with E-state index in [4.69, 9.17) is 27.9 Å². The summed E-state index contributed by atoms with van der Waals surface area (Å²) in [5.74, 6) is 0. The van der Waals surface area contributed by atoms with Gasteiger partial charge in [-0.05, 0) is 45.7 Å². The highest BCUT2D eigenvalue weighted by Crippen LogP contribution is 2.26. The number of ether oxygens (including phenoxy) is 1. The minimum Gasteiger partial charge on any atom is -0.444 e. The van der Waals surface area contributed by atoms with Gasteiger partial charge >= 0.3 is 6.09 Å². The van der Waals surface area contributed by atoms with Crippen LogP contribution < -0.4 is 10.6 Å². The number of alkyl carbamates (subject to hydrolysis) is 1. The fourth-order valence-corrected chi connectivity index (χ4v) is 2.86. The second kappa shape index (κ2) is 7.07. The van der Waals surface area contributed by atoms with Crippen LogP contribution in [0.5, 0.6) is 0 Å². The van der Waals surface area contributed by atoms with Gasteiger partial charge < -0.3 is 15.4 Å². The Morgan fingerprint density at radius 3 is 2.36 bits per heavy atom. The van der Waals surface area contributed by atoms with Crippen molar-refractivity contribution in [1.29, 1.82) is 0 Å². The van der Waals surface area contributed by atoms with Gasteiger partial charge in [0, 0.05) is 34.2 Å². The largest absolute Gasteiger partial charge is 0.444 e. The van der Waals surface area contributed by atoms with E-state index in [9.17, 15) is 4.79 Å². The monoisotopic (exact) mass is 344 g/mol. The summed E-state index contributed by atoms with van der Waals surface area (Å²) in [4.78, 5) is 11.6. The Hall–Kier alpha value is -0.970. The van der Waals surface area contributed by atoms with E-state index < -0.39 is 5.60 Å². The van der Waals surface area contributed by atoms with Crippen molar-refractivity contribution in [2.45, 2.75) is 57.8 Å². The van der Waals surface area contributed by atoms with Gasteiger partial charge in [0.1, 0.15) is 5.60 Å². The summed E-state index contributed by atoms with van der Waals surface area (Å²) in [6.07, 6.45) is 1.40. The van der Waals surface area contributed by atoms with Gasteiger partial charge in [0.2, 0.25) is 0 Å². The molecule has 22 heavy (non-hydrogen) atoms. The number of hydrogen-bond donors (Lipinski definition) is 2. The van der Waals surface area contributed by atoms with Crippen molar-refractivity contribution >= 4 is 29.3 Å². The standard InChI is InChI=1S/C16H22Cl2N2O2/c1-16(2,3)22-15(21)20-11-7-10(8-11)19-9-12-13(17)5-4-6-14(12)18/h4-6,10-11,19H,7-9H2,1-3H3,(H,20,21). The van der Waals surface area contributed by atoms with E-state index >= 15 is 0 Å². The lowest BCUT2D eigenvalue weighted by Gasteiger charge is -2.37. The van der Waals surface area contributed by atoms with E-state index in [0.717, 1.165) is 18.4 Å². The van der Waals surface area contributed by atoms with Crippen LogP contribution in [0.25, 0.3) is 0 Å². The maximum Gasteiger partial charge on any atom is 0.407 e. The lowest BCUT2D eigenvalue weighted by atomic mass is 9.86. The minimum atomic E-state index is -0.466. The van der Waals surface area contributed by atoms with Crippen molar-refractivity contribution in [2.24, 2.45) is 0 Å². The van der Waals surface area contributed by atoms with Gasteiger partial charge in [0.05, 0.1) is 0 Å². The molecule has 0 unspecified atom stereocenters. The Morgan fingerprint density at radius 1 is 1.23 bits per heavy atom. The Bertz CT molecular complexity index is 517. The quantitative estimate of drug-likeness (QED) is 0.862. The number of carbonyl (C=O) groups excluding carboxylic acids is 1. The molecule has 0 heterocycles. The fourth-order valence-electron chi connectivity index (χ4n) is 2.32. The predicted molar refractivity (Wildman–Crippen MR) is 89.5 cm³/mol. The molecule has 1 aromatic carbocycles. The molecule has 122 valence electrons. The second-order valence-electron chi connectivity index (χ2n) is 6.59. The first kappa shape index (κ1) is 17.4. The molecule has 2 rings (SSSR count). The molecular formula is C16H22Cl2N2O2. The smallest absolute Gasteiger partial charge is 0.407 e. The van der Waals surface area contributed by atoms with Gasteiger partial charge in [-0.2, -0.15) is 0 Å². The lowest BCUT2D eigenvalue weighted by molar-refractivity contribution is 0.0465. The van der Waals surface area contributed by atoms with Crippen LogP contribution in [-0.2, 0) is 11.3 Å². The van der Waals surface area contributed by atoms with Crippen molar-refractivity contribution in [3.8, 4) is 0 Å². The maximum atomic E-state index is 11.6. The number of nitrogens with one attached hydrogen (secondary N) is 2. The van der Waals surface area contributed by atoms with Gasteiger partial charge in [-0.25, -0.2) is 4.79 Å². The van der Waals surface area contributed by atoms with Crippen LogP contribution >= 0.6 is 23.2 Å². The SMILES string of the molecule is CC(C)(C)OC(=O)NC1CC(NCc2c(Cl)cccc2Cl)C1. The fraction of sp³-hybridized carbons (Fsp3) is 0.562. The average Bonchev–Trinajstić information content (AvgIpc) is 2.32. The van der Waals surface area contributed by atoms with E-state index in [2.05, 4.69) is 10.6 Å². The van der Waals surface area contributed by atoms with Crippen LogP contribution in [0.4, 0.5) is 4.79 Å². The molecule has 0 aliphatic heterocycles. The van der Waals surface area contributed by atoms with Crippen LogP contribution in [0.2, 0.25) is 10.0 Å². The Kier molecular flexibility index (Phi) is 5.59. The van der Waals surface area contributed by atoms with E-state index in [1.807, 2.05) is 39.0 Å². The zero-order chi connectivity index (χ0) is 16.3. The predicted octanol–water partition coefficient (Wildman–Crippen LogP) is 4.14. The molecule has 1 saturated carbocycles. The molecule has 1 fully saturated rings. The minimum absolute atomic E-state index is 0.161. The third kappa shape index (κ3) is 5.04. The average molecular weight is 345 g/mol. The summed E-state index contributed by atoms with van der Waals surface area (Å²) in [6.45, 7) is 6.18. The molecule has 0 radical (unpaired) electrons. The van der Waals surface area contributed by atoms with Crippen molar-refractivity contribution < 1.29 is 9.53 Å². The van der Waals surface area contributed by atoms with Crippen LogP contribution in [0.3, 0.4) is 0 Å². The van der Waals surface area contributed by atoms with E-state index in [0.29, 0.717) is 22.6 Å². The van der Waals surface area contributed by atoms with Gasteiger partial charge in [-0.3, -0.25) is 0 Å². The summed E-state index contributed by atoms with van der Waals surface area (Å²) >= 11 is 12.3. The molecule has 2 N–H and O–H groups in total. The molecule has 4 nitrogen and oxygen atoms in total. The Morgan fingerprint density at radius 2 is 1.82 bits per heavy atom. The number of benzene rings is 1. The third-order valence-corrected chi connectivity index (χ3v) is 4.20. The lowest BCUT2D eigenvalue weighted by Crippen LogP contribution is -2.53. The highest BCUT2D eigenvalue weighted by molar-refractivity contribution is 6.35. The van der Waals surface area contributed by atoms with Crippen LogP contribution in [0.15, 0.2) is 18.2 Å². The second-order valence-corrected chi connectivity index (χ2v) is 7.41. The molecule has 0 atom stereocenters. The molecule has 1 aliphatic carbocycles. The first-order chi connectivity index (χ1) is 10.2. The third-order valence-electron chi connectivity index (χ3n) is 3.49. The Balaban J connectivity index is 1.71. The highest BCUT2D eigenvalue weighted by Gasteiger charge is 2.31. The summed E-state index contributed by atoms with van der Waals surface area (Å²) in [7, 11) is 0. The van der Waals surface area contributed by atoms with Crippen LogP contribution in [0, 0.1) is 0 Å². The molecule has 6 heteroatoms. The number of amides is 1. The number of halogens is 2. The molecule has 1 aromatic rings. The first-order valence-electron chi connectivity index (χ1n) is 7.40. The molecule has 0 saturated heterocycles. The zero-order valence-electron chi connectivity index (χ0n) is 13.1. The van der Waals surface area contributed by atoms with Gasteiger partial charge in [0.25, 0.3) is 0 Å². The molecular weight excluding hydrogens is 323 g/mol. The van der Waals surface area contributed by atoms with Gasteiger partial charge in [0.15, 0.2) is 0 Å². The summed E-state index contributed by atoms with van der Waals surface area (Å²) < 4.78 is 5.23. The van der Waals surface area contributed by atoms with E-state index in [1.165, 1.54) is 0 Å². The molecule has 0 spiro atoms. The van der Waals surface area contributed by atoms with Gasteiger partial charge in [-0.1, -0.05) is 29.3 Å². The van der Waals surface area contributed by atoms with Crippen molar-refractivity contribution in [1.82, 2.24) is 10.6 Å². The molecule has 0 bridgehead atoms. The topological polar surface area (TPSA) is 50.4 Å². The van der Waals surface area contributed by atoms with E-state index in [-0.39, 0.29) is 12.1 Å². The molecule has 0 aromatic heterocycles. The summed E-state index contributed by atoms with van der Waals surface area (Å²) in [5.41, 5.74) is 0.445. The van der Waals surface area contributed by atoms with Crippen LogP contribution in [-0.4, -0.2) is 23.8 Å². The molecule has 1 amide bonds. The van der Waals surface area contributed by atoms with Crippen molar-refractivity contribution in [3.05, 3.63) is 33.8 Å². The summed E-state index contributed by atoms with van der Waals surface area (Å²) in [5, 5.41) is 7.62. The molecule has 1 aliphatic rings. The van der Waals surface area contributed by atoms with Gasteiger partial charge in [-0.15, -0.1) is 0 Å². The van der Waals surface area contributed by atoms with Crippen LogP contribution in [0.1, 0.15) is 39.2 Å². The number of hydrogen-bond acceptors (Lipinski definition) is 3. The summed E-state index contributed by atoms with van der Waals surface area (Å²) in [6, 6.07) is 6.01. The Labute approximate surface area is 141 Å². The normalized spacial score (nSPS) is 21.1. The zero-order valence-corrected chi connectivity index (χ0v) is 14.6. The van der Waals surface area contributed by atoms with Crippen molar-refractivity contribution in [2.75, 3.05) is 0 Å². The first-order valence-corrected chi connectivity index (χ1v) is 8.16.